The normalized spacial score (nSPS) is 15.1. The molecule has 3 aromatic carbocycles. The number of halogens is 2. The van der Waals surface area contributed by atoms with Crippen molar-refractivity contribution in [3.05, 3.63) is 106 Å². The quantitative estimate of drug-likeness (QED) is 0.221. The van der Waals surface area contributed by atoms with Gasteiger partial charge in [-0.25, -0.2) is 13.8 Å². The van der Waals surface area contributed by atoms with Crippen molar-refractivity contribution in [2.45, 2.75) is 25.5 Å². The zero-order valence-corrected chi connectivity index (χ0v) is 24.4. The number of anilines is 3. The summed E-state index contributed by atoms with van der Waals surface area (Å²) in [5.74, 6) is -0.873. The summed E-state index contributed by atoms with van der Waals surface area (Å²) in [4.78, 5) is 25.8. The van der Waals surface area contributed by atoms with E-state index in [2.05, 4.69) is 15.7 Å². The molecule has 12 heteroatoms. The first kappa shape index (κ1) is 27.8. The van der Waals surface area contributed by atoms with Crippen molar-refractivity contribution < 1.29 is 13.9 Å². The van der Waals surface area contributed by atoms with Gasteiger partial charge in [0.15, 0.2) is 12.0 Å². The van der Waals surface area contributed by atoms with E-state index in [1.165, 1.54) is 28.8 Å². The highest BCUT2D eigenvalue weighted by Gasteiger charge is 2.21. The largest absolute Gasteiger partial charge is 0.356 e. The van der Waals surface area contributed by atoms with Crippen LogP contribution in [0.2, 0.25) is 5.02 Å². The molecule has 0 radical (unpaired) electrons. The molecule has 1 saturated heterocycles. The molecule has 3 aromatic heterocycles. The van der Waals surface area contributed by atoms with Crippen molar-refractivity contribution >= 4 is 56.5 Å². The number of hydrogen-bond donors (Lipinski definition) is 2. The van der Waals surface area contributed by atoms with E-state index in [-0.39, 0.29) is 17.5 Å². The van der Waals surface area contributed by atoms with Gasteiger partial charge in [-0.05, 0) is 61.7 Å². The summed E-state index contributed by atoms with van der Waals surface area (Å²) in [7, 11) is 1.57. The topological polar surface area (TPSA) is 108 Å². The number of nitrogens with zero attached hydrogens (tertiary/aromatic N) is 5. The first-order chi connectivity index (χ1) is 21.4. The number of para-hydroxylation sites is 1. The number of rotatable bonds is 6. The van der Waals surface area contributed by atoms with Crippen LogP contribution in [0.4, 0.5) is 21.6 Å². The number of carbonyl (C=O) groups is 1. The zero-order chi connectivity index (χ0) is 30.4. The van der Waals surface area contributed by atoms with Crippen LogP contribution in [0, 0.1) is 5.82 Å². The number of fused-ring (bicyclic) bond motifs is 2. The summed E-state index contributed by atoms with van der Waals surface area (Å²) in [6.45, 7) is 0.712. The monoisotopic (exact) mass is 611 g/mol. The fraction of sp³-hybridized carbons (Fsp3) is 0.188. The Kier molecular flexibility index (Phi) is 7.11. The number of hydrogen-bond acceptors (Lipinski definition) is 6. The Labute approximate surface area is 255 Å². The molecule has 6 aromatic rings. The van der Waals surface area contributed by atoms with E-state index < -0.39 is 17.3 Å². The second-order valence-corrected chi connectivity index (χ2v) is 11.0. The van der Waals surface area contributed by atoms with Crippen LogP contribution in [0.5, 0.6) is 0 Å². The van der Waals surface area contributed by atoms with Crippen molar-refractivity contribution in [2.75, 3.05) is 17.2 Å². The van der Waals surface area contributed by atoms with E-state index in [0.29, 0.717) is 28.8 Å². The Balaban J connectivity index is 1.25. The van der Waals surface area contributed by atoms with Crippen molar-refractivity contribution in [1.82, 2.24) is 24.1 Å². The van der Waals surface area contributed by atoms with Crippen molar-refractivity contribution in [3.63, 3.8) is 0 Å². The van der Waals surface area contributed by atoms with Crippen LogP contribution in [-0.4, -0.2) is 36.6 Å². The van der Waals surface area contributed by atoms with Crippen molar-refractivity contribution in [2.24, 2.45) is 7.05 Å². The van der Waals surface area contributed by atoms with Gasteiger partial charge in [-0.3, -0.25) is 9.59 Å². The lowest BCUT2D eigenvalue weighted by Crippen LogP contribution is -2.25. The number of aromatic nitrogens is 5. The molecule has 1 unspecified atom stereocenters. The molecular weight excluding hydrogens is 585 g/mol. The van der Waals surface area contributed by atoms with Crippen LogP contribution < -0.4 is 16.2 Å². The fourth-order valence-corrected chi connectivity index (χ4v) is 5.80. The number of carbonyl (C=O) groups excluding carboxylic acids is 1. The van der Waals surface area contributed by atoms with E-state index in [0.717, 1.165) is 41.1 Å². The third-order valence-corrected chi connectivity index (χ3v) is 8.17. The Morgan fingerprint density at radius 1 is 1.02 bits per heavy atom. The standard InChI is InChI=1S/C32H27ClFN7O3/c1-39-18-19(16-25(32(39)43)37-31(42)20-8-2-4-10-23(20)34)40-26-11-5-3-9-21(26)30(38-40)36-24-13-14-27-22(29(24)33)17-35-41(27)28-12-6-7-15-44-28/h2-5,8-11,13-14,16-18,28H,6-7,12,15H2,1H3,(H,36,38)(H,37,42). The minimum atomic E-state index is -0.728. The maximum atomic E-state index is 14.2. The number of nitrogens with one attached hydrogen (secondary N) is 2. The summed E-state index contributed by atoms with van der Waals surface area (Å²) in [5.41, 5.74) is 2.17. The van der Waals surface area contributed by atoms with E-state index in [4.69, 9.17) is 21.4 Å². The highest BCUT2D eigenvalue weighted by molar-refractivity contribution is 6.38. The van der Waals surface area contributed by atoms with Gasteiger partial charge in [0.05, 0.1) is 39.2 Å². The molecule has 222 valence electrons. The summed E-state index contributed by atoms with van der Waals surface area (Å²) in [6, 6.07) is 18.6. The third-order valence-electron chi connectivity index (χ3n) is 7.76. The van der Waals surface area contributed by atoms with Gasteiger partial charge < -0.3 is 19.9 Å². The van der Waals surface area contributed by atoms with Crippen LogP contribution in [0.15, 0.2) is 83.9 Å². The van der Waals surface area contributed by atoms with Crippen LogP contribution >= 0.6 is 11.6 Å². The molecule has 2 N–H and O–H groups in total. The molecule has 4 heterocycles. The minimum absolute atomic E-state index is 0.0141. The first-order valence-electron chi connectivity index (χ1n) is 14.2. The lowest BCUT2D eigenvalue weighted by Gasteiger charge is -2.23. The maximum absolute atomic E-state index is 14.2. The highest BCUT2D eigenvalue weighted by Crippen LogP contribution is 2.37. The Bertz CT molecular complexity index is 2110. The third kappa shape index (κ3) is 4.89. The molecule has 10 nitrogen and oxygen atoms in total. The summed E-state index contributed by atoms with van der Waals surface area (Å²) in [5, 5.41) is 17.4. The Morgan fingerprint density at radius 3 is 2.66 bits per heavy atom. The van der Waals surface area contributed by atoms with Crippen LogP contribution in [0.25, 0.3) is 27.5 Å². The van der Waals surface area contributed by atoms with Gasteiger partial charge in [-0.1, -0.05) is 35.9 Å². The molecular formula is C32H27ClFN7O3. The van der Waals surface area contributed by atoms with E-state index in [9.17, 15) is 14.0 Å². The number of ether oxygens (including phenoxy) is 1. The van der Waals surface area contributed by atoms with Gasteiger partial charge in [-0.2, -0.15) is 5.10 Å². The van der Waals surface area contributed by atoms with Gasteiger partial charge in [0, 0.05) is 30.6 Å². The van der Waals surface area contributed by atoms with Gasteiger partial charge in [0.2, 0.25) is 0 Å². The minimum Gasteiger partial charge on any atom is -0.356 e. The van der Waals surface area contributed by atoms with Crippen LogP contribution in [0.1, 0.15) is 35.8 Å². The number of pyridine rings is 1. The molecule has 1 atom stereocenters. The van der Waals surface area contributed by atoms with Crippen molar-refractivity contribution in [3.8, 4) is 5.69 Å². The van der Waals surface area contributed by atoms with Crippen LogP contribution in [0.3, 0.4) is 0 Å². The van der Waals surface area contributed by atoms with Gasteiger partial charge >= 0.3 is 0 Å². The van der Waals surface area contributed by atoms with Gasteiger partial charge in [0.1, 0.15) is 11.5 Å². The number of aryl methyl sites for hydroxylation is 1. The maximum Gasteiger partial charge on any atom is 0.274 e. The fourth-order valence-electron chi connectivity index (χ4n) is 5.55. The molecule has 1 amide bonds. The molecule has 0 bridgehead atoms. The molecule has 7 rings (SSSR count). The lowest BCUT2D eigenvalue weighted by molar-refractivity contribution is -0.0366. The summed E-state index contributed by atoms with van der Waals surface area (Å²) >= 11 is 6.89. The SMILES string of the molecule is Cn1cc(-n2nc(Nc3ccc4c(cnn4C4CCCCO4)c3Cl)c3ccccc32)cc(NC(=O)c2ccccc2F)c1=O. The van der Waals surface area contributed by atoms with Crippen LogP contribution in [-0.2, 0) is 11.8 Å². The second-order valence-electron chi connectivity index (χ2n) is 10.6. The molecule has 0 saturated carbocycles. The molecule has 0 aliphatic carbocycles. The van der Waals surface area contributed by atoms with Gasteiger partial charge in [0.25, 0.3) is 11.5 Å². The molecule has 1 aliphatic heterocycles. The molecule has 1 fully saturated rings. The Morgan fingerprint density at radius 2 is 1.84 bits per heavy atom. The molecule has 0 spiro atoms. The lowest BCUT2D eigenvalue weighted by atomic mass is 10.2. The number of benzene rings is 3. The number of amides is 1. The van der Waals surface area contributed by atoms with Crippen molar-refractivity contribution in [1.29, 1.82) is 0 Å². The molecule has 1 aliphatic rings. The predicted molar refractivity (Wildman–Crippen MR) is 168 cm³/mol. The van der Waals surface area contributed by atoms with E-state index in [1.54, 1.807) is 30.2 Å². The first-order valence-corrected chi connectivity index (χ1v) is 14.6. The summed E-state index contributed by atoms with van der Waals surface area (Å²) < 4.78 is 25.1. The van der Waals surface area contributed by atoms with E-state index in [1.807, 2.05) is 41.1 Å². The molecule has 44 heavy (non-hydrogen) atoms. The smallest absolute Gasteiger partial charge is 0.274 e. The van der Waals surface area contributed by atoms with Gasteiger partial charge in [-0.15, -0.1) is 5.10 Å². The average molecular weight is 612 g/mol. The average Bonchev–Trinajstić information content (AvgIpc) is 3.64. The van der Waals surface area contributed by atoms with E-state index >= 15 is 0 Å². The highest BCUT2D eigenvalue weighted by atomic mass is 35.5. The second kappa shape index (κ2) is 11.3. The summed E-state index contributed by atoms with van der Waals surface area (Å²) in [6.07, 6.45) is 6.29. The predicted octanol–water partition coefficient (Wildman–Crippen LogP) is 6.56. The Hall–Kier alpha value is -5.00. The zero-order valence-electron chi connectivity index (χ0n) is 23.6.